The maximum absolute atomic E-state index is 4.56. The van der Waals surface area contributed by atoms with Crippen molar-refractivity contribution in [2.24, 2.45) is 0 Å². The number of rotatable bonds is 6. The summed E-state index contributed by atoms with van der Waals surface area (Å²) in [6.07, 6.45) is 11.8. The van der Waals surface area contributed by atoms with E-state index in [1.807, 2.05) is 10.9 Å². The van der Waals surface area contributed by atoms with Gasteiger partial charge in [-0.05, 0) is 57.0 Å². The lowest BCUT2D eigenvalue weighted by molar-refractivity contribution is 0.236. The van der Waals surface area contributed by atoms with Crippen LogP contribution in [0, 0.1) is 0 Å². The van der Waals surface area contributed by atoms with Crippen LogP contribution in [0.3, 0.4) is 0 Å². The monoisotopic (exact) mass is 350 g/mol. The van der Waals surface area contributed by atoms with Crippen molar-refractivity contribution in [3.8, 4) is 0 Å². The molecule has 26 heavy (non-hydrogen) atoms. The summed E-state index contributed by atoms with van der Waals surface area (Å²) in [7, 11) is 2.28. The van der Waals surface area contributed by atoms with Gasteiger partial charge >= 0.3 is 0 Å². The molecule has 0 radical (unpaired) electrons. The summed E-state index contributed by atoms with van der Waals surface area (Å²) in [5, 5.41) is 4.56. The topological polar surface area (TPSA) is 24.3 Å². The zero-order chi connectivity index (χ0) is 17.8. The number of aromatic nitrogens is 2. The highest BCUT2D eigenvalue weighted by Crippen LogP contribution is 2.23. The Morgan fingerprint density at radius 1 is 1.15 bits per heavy atom. The molecule has 0 unspecified atom stereocenters. The molecule has 2 aromatic rings. The van der Waals surface area contributed by atoms with E-state index in [0.717, 1.165) is 25.6 Å². The predicted octanol–water partition coefficient (Wildman–Crippen LogP) is 3.50. The van der Waals surface area contributed by atoms with Gasteiger partial charge in [0.15, 0.2) is 0 Å². The second kappa shape index (κ2) is 8.19. The minimum absolute atomic E-state index is 0.802. The molecule has 0 spiro atoms. The molecule has 0 bridgehead atoms. The molecule has 2 aliphatic heterocycles. The zero-order valence-corrected chi connectivity index (χ0v) is 15.8. The lowest BCUT2D eigenvalue weighted by atomic mass is 10.0. The Morgan fingerprint density at radius 3 is 2.77 bits per heavy atom. The van der Waals surface area contributed by atoms with Gasteiger partial charge in [0.05, 0.1) is 12.7 Å². The number of benzene rings is 1. The third-order valence-electron chi connectivity index (χ3n) is 5.93. The van der Waals surface area contributed by atoms with Crippen LogP contribution in [0.15, 0.2) is 48.8 Å². The molecule has 0 N–H and O–H groups in total. The van der Waals surface area contributed by atoms with Gasteiger partial charge in [-0.2, -0.15) is 5.10 Å². The van der Waals surface area contributed by atoms with E-state index in [0.29, 0.717) is 0 Å². The van der Waals surface area contributed by atoms with Crippen molar-refractivity contribution in [2.75, 3.05) is 33.2 Å². The predicted molar refractivity (Wildman–Crippen MR) is 107 cm³/mol. The van der Waals surface area contributed by atoms with E-state index in [2.05, 4.69) is 64.6 Å². The summed E-state index contributed by atoms with van der Waals surface area (Å²) in [4.78, 5) is 5.14. The Hall–Kier alpha value is -1.91. The summed E-state index contributed by atoms with van der Waals surface area (Å²) < 4.78 is 2.05. The standard InChI is InChI=1S/C22H30N4/c1-24-12-5-8-22(24)11-15-25-13-9-20(10-14-25)21-16-23-26(18-21)17-19-6-3-2-4-7-19/h2-4,6-7,9,16,18,22H,5,8,10-15,17H2,1H3/t22-/m1/s1. The molecule has 4 rings (SSSR count). The molecule has 1 aromatic carbocycles. The summed E-state index contributed by atoms with van der Waals surface area (Å²) >= 11 is 0. The van der Waals surface area contributed by atoms with Crippen molar-refractivity contribution in [1.29, 1.82) is 0 Å². The van der Waals surface area contributed by atoms with Crippen LogP contribution >= 0.6 is 0 Å². The van der Waals surface area contributed by atoms with Gasteiger partial charge in [0.2, 0.25) is 0 Å². The Bertz CT molecular complexity index is 734. The van der Waals surface area contributed by atoms with Crippen molar-refractivity contribution in [3.05, 3.63) is 59.9 Å². The number of nitrogens with zero attached hydrogens (tertiary/aromatic N) is 4. The molecule has 138 valence electrons. The first kappa shape index (κ1) is 17.5. The van der Waals surface area contributed by atoms with Gasteiger partial charge in [0.25, 0.3) is 0 Å². The molecule has 4 nitrogen and oxygen atoms in total. The first-order chi connectivity index (χ1) is 12.8. The maximum atomic E-state index is 4.56. The largest absolute Gasteiger partial charge is 0.303 e. The van der Waals surface area contributed by atoms with E-state index in [1.54, 1.807) is 0 Å². The summed E-state index contributed by atoms with van der Waals surface area (Å²) in [5.41, 5.74) is 4.04. The van der Waals surface area contributed by atoms with Crippen molar-refractivity contribution >= 4 is 5.57 Å². The number of likely N-dealkylation sites (tertiary alicyclic amines) is 1. The van der Waals surface area contributed by atoms with Crippen LogP contribution in [0.1, 0.15) is 36.8 Å². The molecule has 1 aromatic heterocycles. The summed E-state index contributed by atoms with van der Waals surface area (Å²) in [5.74, 6) is 0. The fourth-order valence-electron chi connectivity index (χ4n) is 4.24. The van der Waals surface area contributed by atoms with E-state index in [1.165, 1.54) is 55.6 Å². The Balaban J connectivity index is 1.30. The maximum Gasteiger partial charge on any atom is 0.0659 e. The quantitative estimate of drug-likeness (QED) is 0.797. The van der Waals surface area contributed by atoms with Crippen LogP contribution in [0.5, 0.6) is 0 Å². The Morgan fingerprint density at radius 2 is 2.04 bits per heavy atom. The summed E-state index contributed by atoms with van der Waals surface area (Å²) in [6.45, 7) is 5.60. The van der Waals surface area contributed by atoms with Gasteiger partial charge in [0.1, 0.15) is 0 Å². The smallest absolute Gasteiger partial charge is 0.0659 e. The van der Waals surface area contributed by atoms with E-state index in [4.69, 9.17) is 0 Å². The van der Waals surface area contributed by atoms with Crippen molar-refractivity contribution in [2.45, 2.75) is 38.3 Å². The molecule has 1 saturated heterocycles. The van der Waals surface area contributed by atoms with Gasteiger partial charge in [-0.25, -0.2) is 0 Å². The first-order valence-electron chi connectivity index (χ1n) is 9.96. The Labute approximate surface area is 157 Å². The lowest BCUT2D eigenvalue weighted by Gasteiger charge is -2.28. The highest BCUT2D eigenvalue weighted by molar-refractivity contribution is 5.65. The highest BCUT2D eigenvalue weighted by Gasteiger charge is 2.22. The van der Waals surface area contributed by atoms with E-state index >= 15 is 0 Å². The van der Waals surface area contributed by atoms with Gasteiger partial charge in [0, 0.05) is 30.9 Å². The Kier molecular flexibility index (Phi) is 5.51. The third-order valence-corrected chi connectivity index (χ3v) is 5.93. The molecular weight excluding hydrogens is 320 g/mol. The highest BCUT2D eigenvalue weighted by atomic mass is 15.3. The van der Waals surface area contributed by atoms with Crippen LogP contribution < -0.4 is 0 Å². The zero-order valence-electron chi connectivity index (χ0n) is 15.8. The van der Waals surface area contributed by atoms with Crippen LogP contribution in [0.2, 0.25) is 0 Å². The molecule has 0 saturated carbocycles. The second-order valence-electron chi connectivity index (χ2n) is 7.76. The van der Waals surface area contributed by atoms with Crippen molar-refractivity contribution in [3.63, 3.8) is 0 Å². The lowest BCUT2D eigenvalue weighted by Crippen LogP contribution is -2.34. The first-order valence-corrected chi connectivity index (χ1v) is 9.96. The van der Waals surface area contributed by atoms with Gasteiger partial charge in [-0.1, -0.05) is 36.4 Å². The molecule has 1 atom stereocenters. The second-order valence-corrected chi connectivity index (χ2v) is 7.76. The molecule has 3 heterocycles. The minimum atomic E-state index is 0.802. The average molecular weight is 351 g/mol. The van der Waals surface area contributed by atoms with E-state index in [9.17, 15) is 0 Å². The average Bonchev–Trinajstić information content (AvgIpc) is 3.30. The SMILES string of the molecule is CN1CCC[C@@H]1CCN1CC=C(c2cnn(Cc3ccccc3)c2)CC1. The van der Waals surface area contributed by atoms with Crippen LogP contribution in [0.4, 0.5) is 0 Å². The van der Waals surface area contributed by atoms with Crippen LogP contribution in [0.25, 0.3) is 5.57 Å². The molecule has 0 amide bonds. The molecule has 4 heteroatoms. The third kappa shape index (κ3) is 4.25. The van der Waals surface area contributed by atoms with Crippen molar-refractivity contribution < 1.29 is 0 Å². The fraction of sp³-hybridized carbons (Fsp3) is 0.500. The van der Waals surface area contributed by atoms with Crippen LogP contribution in [-0.2, 0) is 6.54 Å². The van der Waals surface area contributed by atoms with Gasteiger partial charge in [-0.3, -0.25) is 9.58 Å². The number of hydrogen-bond donors (Lipinski definition) is 0. The van der Waals surface area contributed by atoms with E-state index < -0.39 is 0 Å². The van der Waals surface area contributed by atoms with E-state index in [-0.39, 0.29) is 0 Å². The van der Waals surface area contributed by atoms with Crippen LogP contribution in [-0.4, -0.2) is 58.8 Å². The molecular formula is C22H30N4. The molecule has 0 aliphatic carbocycles. The number of hydrogen-bond acceptors (Lipinski definition) is 3. The van der Waals surface area contributed by atoms with Crippen molar-refractivity contribution in [1.82, 2.24) is 19.6 Å². The van der Waals surface area contributed by atoms with Gasteiger partial charge < -0.3 is 4.90 Å². The summed E-state index contributed by atoms with van der Waals surface area (Å²) in [6, 6.07) is 11.3. The molecule has 1 fully saturated rings. The fourth-order valence-corrected chi connectivity index (χ4v) is 4.24. The normalized spacial score (nSPS) is 21.9. The minimum Gasteiger partial charge on any atom is -0.303 e. The molecule has 2 aliphatic rings. The van der Waals surface area contributed by atoms with Gasteiger partial charge in [-0.15, -0.1) is 0 Å².